The number of carbonyl (C=O) groups is 2. The molecule has 2 aromatic carbocycles. The van der Waals surface area contributed by atoms with Gasteiger partial charge >= 0.3 is 12.0 Å². The van der Waals surface area contributed by atoms with Gasteiger partial charge in [0, 0.05) is 41.8 Å². The summed E-state index contributed by atoms with van der Waals surface area (Å²) in [6.45, 7) is 3.61. The summed E-state index contributed by atoms with van der Waals surface area (Å²) in [5.74, 6) is -0.955. The van der Waals surface area contributed by atoms with Crippen molar-refractivity contribution in [1.82, 2.24) is 4.90 Å². The molecule has 1 aliphatic carbocycles. The predicted molar refractivity (Wildman–Crippen MR) is 122 cm³/mol. The van der Waals surface area contributed by atoms with Gasteiger partial charge in [-0.3, -0.25) is 4.90 Å². The second-order valence-corrected chi connectivity index (χ2v) is 9.09. The van der Waals surface area contributed by atoms with Crippen LogP contribution < -0.4 is 10.6 Å². The normalized spacial score (nSPS) is 24.0. The Balaban J connectivity index is 1.46. The molecule has 4 rings (SSSR count). The fraction of sp³-hybridized carbons (Fsp3) is 0.417. The third-order valence-corrected chi connectivity index (χ3v) is 7.21. The number of nitrogens with two attached hydrogens (primary N) is 1. The van der Waals surface area contributed by atoms with Crippen molar-refractivity contribution >= 4 is 29.3 Å². The molecule has 2 fully saturated rings. The van der Waals surface area contributed by atoms with Crippen LogP contribution in [-0.4, -0.2) is 47.7 Å². The number of benzene rings is 2. The van der Waals surface area contributed by atoms with Crippen LogP contribution in [0.5, 0.6) is 0 Å². The summed E-state index contributed by atoms with van der Waals surface area (Å²) in [7, 11) is 0. The van der Waals surface area contributed by atoms with Gasteiger partial charge in [-0.1, -0.05) is 23.7 Å². The fourth-order valence-electron chi connectivity index (χ4n) is 5.08. The zero-order valence-electron chi connectivity index (χ0n) is 17.7. The van der Waals surface area contributed by atoms with Gasteiger partial charge in [-0.2, -0.15) is 0 Å². The highest BCUT2D eigenvalue weighted by Crippen LogP contribution is 2.41. The lowest BCUT2D eigenvalue weighted by molar-refractivity contribution is 0.0696. The molecule has 1 heterocycles. The Hall–Kier alpha value is -2.57. The first-order valence-corrected chi connectivity index (χ1v) is 11.1. The molecule has 0 spiro atoms. The zero-order chi connectivity index (χ0) is 22.2. The van der Waals surface area contributed by atoms with Crippen molar-refractivity contribution in [1.29, 1.82) is 0 Å². The van der Waals surface area contributed by atoms with Crippen LogP contribution in [0.2, 0.25) is 5.02 Å². The molecule has 3 N–H and O–H groups in total. The van der Waals surface area contributed by atoms with Crippen LogP contribution in [0.3, 0.4) is 0 Å². The van der Waals surface area contributed by atoms with E-state index in [1.165, 1.54) is 5.56 Å². The highest BCUT2D eigenvalue weighted by atomic mass is 35.5. The minimum atomic E-state index is -0.955. The average molecular weight is 442 g/mol. The lowest BCUT2D eigenvalue weighted by Crippen LogP contribution is -2.46. The molecule has 1 saturated carbocycles. The third-order valence-electron chi connectivity index (χ3n) is 6.97. The number of rotatable bonds is 5. The van der Waals surface area contributed by atoms with Gasteiger partial charge in [0.2, 0.25) is 0 Å². The van der Waals surface area contributed by atoms with Crippen molar-refractivity contribution in [2.45, 2.75) is 44.1 Å². The lowest BCUT2D eigenvalue weighted by Gasteiger charge is -2.42. The van der Waals surface area contributed by atoms with Crippen LogP contribution >= 0.6 is 11.6 Å². The fourth-order valence-corrected chi connectivity index (χ4v) is 5.27. The third kappa shape index (κ3) is 4.02. The molecule has 0 aromatic heterocycles. The van der Waals surface area contributed by atoms with Crippen molar-refractivity contribution in [3.63, 3.8) is 0 Å². The van der Waals surface area contributed by atoms with E-state index >= 15 is 0 Å². The van der Waals surface area contributed by atoms with Gasteiger partial charge in [-0.05, 0) is 74.1 Å². The summed E-state index contributed by atoms with van der Waals surface area (Å²) in [4.78, 5) is 28.2. The maximum absolute atomic E-state index is 13.2. The Kier molecular flexibility index (Phi) is 5.95. The topological polar surface area (TPSA) is 86.9 Å². The van der Waals surface area contributed by atoms with E-state index in [-0.39, 0.29) is 23.1 Å². The van der Waals surface area contributed by atoms with Crippen molar-refractivity contribution in [2.75, 3.05) is 24.5 Å². The van der Waals surface area contributed by atoms with Gasteiger partial charge in [0.1, 0.15) is 0 Å². The molecule has 0 bridgehead atoms. The lowest BCUT2D eigenvalue weighted by atomic mass is 9.68. The molecule has 2 aromatic rings. The van der Waals surface area contributed by atoms with Crippen LogP contribution in [0, 0.1) is 6.92 Å². The first kappa shape index (κ1) is 21.7. The number of anilines is 1. The predicted octanol–water partition coefficient (Wildman–Crippen LogP) is 4.43. The summed E-state index contributed by atoms with van der Waals surface area (Å²) >= 11 is 6.22. The smallest absolute Gasteiger partial charge is 0.335 e. The second-order valence-electron chi connectivity index (χ2n) is 8.66. The molecule has 2 amide bonds. The van der Waals surface area contributed by atoms with Crippen molar-refractivity contribution in [2.24, 2.45) is 5.73 Å². The van der Waals surface area contributed by atoms with Crippen LogP contribution in [-0.2, 0) is 5.41 Å². The summed E-state index contributed by atoms with van der Waals surface area (Å²) < 4.78 is 0. The number of hydrogen-bond donors (Lipinski definition) is 2. The van der Waals surface area contributed by atoms with Gasteiger partial charge in [0.05, 0.1) is 5.56 Å². The van der Waals surface area contributed by atoms with E-state index in [1.807, 2.05) is 23.1 Å². The van der Waals surface area contributed by atoms with Gasteiger partial charge in [-0.25, -0.2) is 9.59 Å². The largest absolute Gasteiger partial charge is 0.478 e. The molecule has 0 unspecified atom stereocenters. The highest BCUT2D eigenvalue weighted by Gasteiger charge is 2.41. The maximum atomic E-state index is 13.2. The summed E-state index contributed by atoms with van der Waals surface area (Å²) in [5.41, 5.74) is 8.98. The number of nitrogens with zero attached hydrogens (tertiary/aromatic N) is 2. The summed E-state index contributed by atoms with van der Waals surface area (Å²) in [5, 5.41) is 9.97. The Morgan fingerprint density at radius 3 is 2.55 bits per heavy atom. The Labute approximate surface area is 187 Å². The van der Waals surface area contributed by atoms with Gasteiger partial charge in [-0.15, -0.1) is 0 Å². The number of carboxylic acid groups (broad SMARTS) is 1. The molecule has 0 atom stereocenters. The molecule has 0 radical (unpaired) electrons. The molecule has 2 aliphatic rings. The zero-order valence-corrected chi connectivity index (χ0v) is 18.4. The number of carboxylic acids is 1. The molecular formula is C24H28ClN3O3. The minimum absolute atomic E-state index is 0.00419. The van der Waals surface area contributed by atoms with E-state index in [9.17, 15) is 14.7 Å². The quantitative estimate of drug-likeness (QED) is 0.718. The molecule has 6 nitrogen and oxygen atoms in total. The number of urea groups is 1. The average Bonchev–Trinajstić information content (AvgIpc) is 3.14. The van der Waals surface area contributed by atoms with Gasteiger partial charge in [0.25, 0.3) is 0 Å². The van der Waals surface area contributed by atoms with Crippen molar-refractivity contribution < 1.29 is 14.7 Å². The molecular weight excluding hydrogens is 414 g/mol. The van der Waals surface area contributed by atoms with Crippen LogP contribution in [0.25, 0.3) is 0 Å². The van der Waals surface area contributed by atoms with E-state index in [2.05, 4.69) is 6.07 Å². The number of hydrogen-bond acceptors (Lipinski definition) is 3. The number of aryl methyl sites for hydroxylation is 1. The summed E-state index contributed by atoms with van der Waals surface area (Å²) in [6, 6.07) is 13.2. The number of halogens is 1. The standard InChI is InChI=1S/C24H28ClN3O3/c1-16-13-20(5-6-21(16)22(29)30)28-12-11-27(23(28)31)19-7-9-24(15-26,10-8-19)17-3-2-4-18(25)14-17/h2-6,13-14,19H,7-12,15,26H2,1H3,(H,29,30)/t19-,24-. The monoisotopic (exact) mass is 441 g/mol. The van der Waals surface area contributed by atoms with E-state index in [0.717, 1.165) is 36.4 Å². The summed E-state index contributed by atoms with van der Waals surface area (Å²) in [6.07, 6.45) is 3.65. The maximum Gasteiger partial charge on any atom is 0.335 e. The van der Waals surface area contributed by atoms with E-state index in [0.29, 0.717) is 25.2 Å². The Morgan fingerprint density at radius 1 is 1.19 bits per heavy atom. The van der Waals surface area contributed by atoms with Gasteiger partial charge in [0.15, 0.2) is 0 Å². The SMILES string of the molecule is Cc1cc(N2CCN([C@H]3CC[C@](CN)(c4cccc(Cl)c4)CC3)C2=O)ccc1C(=O)O. The van der Waals surface area contributed by atoms with Crippen molar-refractivity contribution in [3.05, 3.63) is 64.2 Å². The Bertz CT molecular complexity index is 1000. The van der Waals surface area contributed by atoms with E-state index in [1.54, 1.807) is 30.0 Å². The van der Waals surface area contributed by atoms with E-state index < -0.39 is 5.97 Å². The van der Waals surface area contributed by atoms with Crippen LogP contribution in [0.4, 0.5) is 10.5 Å². The van der Waals surface area contributed by atoms with E-state index in [4.69, 9.17) is 17.3 Å². The number of carbonyl (C=O) groups excluding carboxylic acids is 1. The van der Waals surface area contributed by atoms with Crippen molar-refractivity contribution in [3.8, 4) is 0 Å². The molecule has 31 heavy (non-hydrogen) atoms. The number of aromatic carboxylic acids is 1. The second kappa shape index (κ2) is 8.52. The number of amides is 2. The molecule has 1 aliphatic heterocycles. The minimum Gasteiger partial charge on any atom is -0.478 e. The molecule has 7 heteroatoms. The first-order chi connectivity index (χ1) is 14.8. The van der Waals surface area contributed by atoms with Crippen LogP contribution in [0.15, 0.2) is 42.5 Å². The Morgan fingerprint density at radius 2 is 1.94 bits per heavy atom. The first-order valence-electron chi connectivity index (χ1n) is 10.7. The highest BCUT2D eigenvalue weighted by molar-refractivity contribution is 6.30. The van der Waals surface area contributed by atoms with Gasteiger partial charge < -0.3 is 15.7 Å². The molecule has 1 saturated heterocycles. The van der Waals surface area contributed by atoms with Crippen LogP contribution in [0.1, 0.15) is 47.2 Å². The molecule has 164 valence electrons.